The molecule has 1 heterocycles. The smallest absolute Gasteiger partial charge is 0.316 e. The van der Waals surface area contributed by atoms with Crippen molar-refractivity contribution in [1.82, 2.24) is 0 Å². The van der Waals surface area contributed by atoms with E-state index in [-0.39, 0.29) is 11.6 Å². The fourth-order valence-electron chi connectivity index (χ4n) is 2.44. The van der Waals surface area contributed by atoms with E-state index in [1.54, 1.807) is 0 Å². The molecule has 1 spiro atoms. The molecule has 2 aliphatic rings. The number of carbonyl (C=O) groups excluding carboxylic acids is 1. The second kappa shape index (κ2) is 4.45. The average molecular weight is 238 g/mol. The van der Waals surface area contributed by atoms with Crippen molar-refractivity contribution in [2.45, 2.75) is 58.5 Å². The molecule has 17 heavy (non-hydrogen) atoms. The van der Waals surface area contributed by atoms with Crippen LogP contribution in [0.3, 0.4) is 0 Å². The van der Waals surface area contributed by atoms with Crippen molar-refractivity contribution in [1.29, 1.82) is 0 Å². The van der Waals surface area contributed by atoms with E-state index in [1.165, 1.54) is 6.42 Å². The van der Waals surface area contributed by atoms with Gasteiger partial charge in [0.05, 0.1) is 12.0 Å². The van der Waals surface area contributed by atoms with E-state index in [0.717, 1.165) is 31.4 Å². The summed E-state index contributed by atoms with van der Waals surface area (Å²) in [5, 5.41) is 0. The zero-order valence-electron chi connectivity index (χ0n) is 11.0. The lowest BCUT2D eigenvalue weighted by molar-refractivity contribution is -0.153. The molecule has 0 aromatic heterocycles. The Balaban J connectivity index is 2.07. The summed E-state index contributed by atoms with van der Waals surface area (Å²) in [6, 6.07) is 0. The quantitative estimate of drug-likeness (QED) is 0.658. The summed E-state index contributed by atoms with van der Waals surface area (Å²) in [6.07, 6.45) is 7.46. The second-order valence-corrected chi connectivity index (χ2v) is 6.07. The number of rotatable bonds is 1. The summed E-state index contributed by atoms with van der Waals surface area (Å²) in [5.41, 5.74) is -0.752. The van der Waals surface area contributed by atoms with Crippen LogP contribution in [0.2, 0.25) is 0 Å². The maximum Gasteiger partial charge on any atom is 0.316 e. The summed E-state index contributed by atoms with van der Waals surface area (Å²) >= 11 is 0. The Morgan fingerprint density at radius 1 is 1.29 bits per heavy atom. The van der Waals surface area contributed by atoms with Crippen molar-refractivity contribution in [2.24, 2.45) is 5.41 Å². The van der Waals surface area contributed by atoms with Crippen LogP contribution in [0.1, 0.15) is 52.9 Å². The summed E-state index contributed by atoms with van der Waals surface area (Å²) in [7, 11) is 0. The first kappa shape index (κ1) is 12.6. The van der Waals surface area contributed by atoms with Crippen LogP contribution in [0.15, 0.2) is 11.8 Å². The Hall–Kier alpha value is -0.830. The van der Waals surface area contributed by atoms with Crippen LogP contribution in [0.25, 0.3) is 0 Å². The Morgan fingerprint density at radius 3 is 2.53 bits per heavy atom. The van der Waals surface area contributed by atoms with Crippen molar-refractivity contribution >= 4 is 5.97 Å². The highest BCUT2D eigenvalue weighted by molar-refractivity contribution is 5.76. The fraction of sp³-hybridized carbons (Fsp3) is 0.786. The molecule has 0 aromatic rings. The lowest BCUT2D eigenvalue weighted by Gasteiger charge is -2.35. The standard InChI is InChI=1S/C14H22O3/c1-13(2,3)12(15)17-11-7-10-16-14(11)8-5-4-6-9-14/h7H,4-6,8-10H2,1-3H3. The average Bonchev–Trinajstić information content (AvgIpc) is 2.61. The third-order valence-electron chi connectivity index (χ3n) is 3.55. The molecule has 1 aliphatic carbocycles. The van der Waals surface area contributed by atoms with Gasteiger partial charge in [0.1, 0.15) is 11.4 Å². The van der Waals surface area contributed by atoms with Gasteiger partial charge in [0.2, 0.25) is 0 Å². The van der Waals surface area contributed by atoms with Gasteiger partial charge < -0.3 is 9.47 Å². The molecule has 2 rings (SSSR count). The number of hydrogen-bond donors (Lipinski definition) is 0. The van der Waals surface area contributed by atoms with Gasteiger partial charge in [-0.2, -0.15) is 0 Å². The molecule has 0 radical (unpaired) electrons. The Labute approximate surface area is 103 Å². The first-order valence-electron chi connectivity index (χ1n) is 6.51. The van der Waals surface area contributed by atoms with E-state index < -0.39 is 5.41 Å². The van der Waals surface area contributed by atoms with Crippen LogP contribution in [0, 0.1) is 5.41 Å². The molecule has 0 saturated heterocycles. The molecule has 0 N–H and O–H groups in total. The molecular weight excluding hydrogens is 216 g/mol. The molecule has 0 unspecified atom stereocenters. The Kier molecular flexibility index (Phi) is 3.30. The highest BCUT2D eigenvalue weighted by atomic mass is 16.6. The first-order chi connectivity index (χ1) is 7.94. The third kappa shape index (κ3) is 2.54. The minimum atomic E-state index is -0.459. The molecule has 0 amide bonds. The van der Waals surface area contributed by atoms with E-state index in [0.29, 0.717) is 6.61 Å². The molecule has 1 saturated carbocycles. The van der Waals surface area contributed by atoms with Gasteiger partial charge in [0.15, 0.2) is 0 Å². The van der Waals surface area contributed by atoms with Gasteiger partial charge in [-0.25, -0.2) is 0 Å². The van der Waals surface area contributed by atoms with E-state index in [1.807, 2.05) is 26.8 Å². The SMILES string of the molecule is CC(C)(C)C(=O)OC1=CCOC12CCCCC2. The molecule has 3 nitrogen and oxygen atoms in total. The minimum absolute atomic E-state index is 0.167. The molecule has 0 bridgehead atoms. The van der Waals surface area contributed by atoms with Crippen molar-refractivity contribution in [3.05, 3.63) is 11.8 Å². The normalized spacial score (nSPS) is 23.6. The molecule has 3 heteroatoms. The molecule has 96 valence electrons. The topological polar surface area (TPSA) is 35.5 Å². The zero-order chi connectivity index (χ0) is 12.5. The third-order valence-corrected chi connectivity index (χ3v) is 3.55. The van der Waals surface area contributed by atoms with Crippen LogP contribution in [-0.2, 0) is 14.3 Å². The van der Waals surface area contributed by atoms with E-state index in [9.17, 15) is 4.79 Å². The summed E-state index contributed by atoms with van der Waals surface area (Å²) in [4.78, 5) is 11.9. The van der Waals surface area contributed by atoms with E-state index >= 15 is 0 Å². The Bertz CT molecular complexity index is 330. The van der Waals surface area contributed by atoms with Gasteiger partial charge in [-0.15, -0.1) is 0 Å². The van der Waals surface area contributed by atoms with Crippen molar-refractivity contribution in [3.8, 4) is 0 Å². The first-order valence-corrected chi connectivity index (χ1v) is 6.51. The van der Waals surface area contributed by atoms with Crippen LogP contribution in [-0.4, -0.2) is 18.2 Å². The minimum Gasteiger partial charge on any atom is -0.428 e. The largest absolute Gasteiger partial charge is 0.428 e. The van der Waals surface area contributed by atoms with Gasteiger partial charge in [-0.3, -0.25) is 4.79 Å². The monoisotopic (exact) mass is 238 g/mol. The summed E-state index contributed by atoms with van der Waals surface area (Å²) in [6.45, 7) is 6.20. The number of esters is 1. The Morgan fingerprint density at radius 2 is 1.94 bits per heavy atom. The number of hydrogen-bond acceptors (Lipinski definition) is 3. The van der Waals surface area contributed by atoms with Gasteiger partial charge in [0, 0.05) is 0 Å². The van der Waals surface area contributed by atoms with E-state index in [2.05, 4.69) is 0 Å². The van der Waals surface area contributed by atoms with Gasteiger partial charge >= 0.3 is 5.97 Å². The molecule has 1 aliphatic heterocycles. The maximum atomic E-state index is 11.9. The molecule has 0 aromatic carbocycles. The van der Waals surface area contributed by atoms with Crippen LogP contribution < -0.4 is 0 Å². The predicted molar refractivity (Wildman–Crippen MR) is 65.4 cm³/mol. The maximum absolute atomic E-state index is 11.9. The summed E-state index contributed by atoms with van der Waals surface area (Å²) < 4.78 is 11.4. The number of carbonyl (C=O) groups is 1. The second-order valence-electron chi connectivity index (χ2n) is 6.07. The van der Waals surface area contributed by atoms with Crippen LogP contribution in [0.5, 0.6) is 0 Å². The highest BCUT2D eigenvalue weighted by Gasteiger charge is 2.43. The van der Waals surface area contributed by atoms with Gasteiger partial charge in [-0.1, -0.05) is 19.3 Å². The van der Waals surface area contributed by atoms with E-state index in [4.69, 9.17) is 9.47 Å². The number of ether oxygens (including phenoxy) is 2. The fourth-order valence-corrected chi connectivity index (χ4v) is 2.44. The van der Waals surface area contributed by atoms with Crippen molar-refractivity contribution in [2.75, 3.05) is 6.61 Å². The van der Waals surface area contributed by atoms with Gasteiger partial charge in [-0.05, 0) is 39.7 Å². The lowest BCUT2D eigenvalue weighted by Crippen LogP contribution is -2.37. The zero-order valence-corrected chi connectivity index (χ0v) is 11.0. The van der Waals surface area contributed by atoms with Crippen LogP contribution >= 0.6 is 0 Å². The highest BCUT2D eigenvalue weighted by Crippen LogP contribution is 2.41. The van der Waals surface area contributed by atoms with Crippen LogP contribution in [0.4, 0.5) is 0 Å². The molecular formula is C14H22O3. The predicted octanol–water partition coefficient (Wildman–Crippen LogP) is 3.19. The summed E-state index contributed by atoms with van der Waals surface area (Å²) in [5.74, 6) is 0.594. The van der Waals surface area contributed by atoms with Crippen molar-refractivity contribution < 1.29 is 14.3 Å². The lowest BCUT2D eigenvalue weighted by atomic mass is 9.83. The van der Waals surface area contributed by atoms with Crippen molar-refractivity contribution in [3.63, 3.8) is 0 Å². The molecule has 1 fully saturated rings. The van der Waals surface area contributed by atoms with Gasteiger partial charge in [0.25, 0.3) is 0 Å². The molecule has 0 atom stereocenters.